The highest BCUT2D eigenvalue weighted by atomic mass is 16.8. The fourth-order valence-corrected chi connectivity index (χ4v) is 6.55. The van der Waals surface area contributed by atoms with E-state index >= 15 is 0 Å². The molecule has 0 unspecified atom stereocenters. The van der Waals surface area contributed by atoms with Crippen molar-refractivity contribution in [2.45, 2.75) is 110 Å². The third-order valence-electron chi connectivity index (χ3n) is 8.73. The van der Waals surface area contributed by atoms with Crippen molar-refractivity contribution in [2.24, 2.45) is 29.6 Å². The van der Waals surface area contributed by atoms with Crippen LogP contribution in [0.1, 0.15) is 73.1 Å². The van der Waals surface area contributed by atoms with E-state index in [1.807, 2.05) is 0 Å². The molecule has 2 aliphatic carbocycles. The molecule has 2 aliphatic heterocycles. The summed E-state index contributed by atoms with van der Waals surface area (Å²) in [5.41, 5.74) is 3.12. The lowest BCUT2D eigenvalue weighted by Crippen LogP contribution is -2.59. The van der Waals surface area contributed by atoms with E-state index < -0.39 is 43.0 Å². The first-order chi connectivity index (χ1) is 16.7. The maximum Gasteiger partial charge on any atom is 0.303 e. The van der Waals surface area contributed by atoms with Gasteiger partial charge in [0.15, 0.2) is 18.7 Å². The van der Waals surface area contributed by atoms with Crippen molar-refractivity contribution in [3.05, 3.63) is 23.3 Å². The summed E-state index contributed by atoms with van der Waals surface area (Å²) in [5.74, 6) is 2.25. The Morgan fingerprint density at radius 2 is 1.89 bits per heavy atom. The third-order valence-corrected chi connectivity index (χ3v) is 8.73. The Balaban J connectivity index is 1.30. The molecule has 0 amide bonds. The molecule has 7 nitrogen and oxygen atoms in total. The molecule has 4 aliphatic rings. The molecule has 0 radical (unpaired) electrons. The van der Waals surface area contributed by atoms with Gasteiger partial charge in [0.1, 0.15) is 18.3 Å². The van der Waals surface area contributed by atoms with Gasteiger partial charge in [-0.25, -0.2) is 0 Å². The second kappa shape index (κ2) is 11.4. The Kier molecular flexibility index (Phi) is 8.75. The maximum atomic E-state index is 11.4. The first kappa shape index (κ1) is 26.8. The topological polar surface area (TPSA) is 94.5 Å². The first-order valence-electron chi connectivity index (χ1n) is 13.5. The lowest BCUT2D eigenvalue weighted by Gasteiger charge is -2.42. The summed E-state index contributed by atoms with van der Waals surface area (Å²) >= 11 is 0. The van der Waals surface area contributed by atoms with Crippen molar-refractivity contribution in [3.63, 3.8) is 0 Å². The van der Waals surface area contributed by atoms with Crippen LogP contribution in [0.2, 0.25) is 0 Å². The molecular weight excluding hydrogens is 448 g/mol. The number of rotatable bonds is 7. The molecule has 7 heteroatoms. The monoisotopic (exact) mass is 492 g/mol. The van der Waals surface area contributed by atoms with Crippen LogP contribution in [0.15, 0.2) is 23.3 Å². The Morgan fingerprint density at radius 1 is 1.14 bits per heavy atom. The number of aliphatic hydroxyl groups is 2. The van der Waals surface area contributed by atoms with Gasteiger partial charge in [0, 0.05) is 12.8 Å². The fourth-order valence-electron chi connectivity index (χ4n) is 6.55. The van der Waals surface area contributed by atoms with Crippen LogP contribution in [0, 0.1) is 29.6 Å². The molecule has 2 bridgehead atoms. The normalized spacial score (nSPS) is 41.1. The van der Waals surface area contributed by atoms with E-state index in [-0.39, 0.29) is 12.5 Å². The number of esters is 1. The zero-order chi connectivity index (χ0) is 25.3. The van der Waals surface area contributed by atoms with Gasteiger partial charge in [-0.15, -0.1) is 0 Å². The number of carbonyl (C=O) groups excluding carboxylic acids is 1. The molecule has 35 heavy (non-hydrogen) atoms. The van der Waals surface area contributed by atoms with Crippen molar-refractivity contribution in [1.82, 2.24) is 0 Å². The summed E-state index contributed by atoms with van der Waals surface area (Å²) in [6, 6.07) is 0. The van der Waals surface area contributed by atoms with Crippen molar-refractivity contribution in [1.29, 1.82) is 0 Å². The predicted molar refractivity (Wildman–Crippen MR) is 131 cm³/mol. The standard InChI is InChI=1S/C28H44O7/c1-15-9-11-20-17(3)10-12-21(22(20)13-15)16(2)7-6-8-18(4)27-32-14-23-24(30)26(33-19(5)29)25(31)28(34-23)35-27/h10,13,16,18,20-28,30-31H,6-9,11-12,14H2,1-5H3/t16-,18-,20-,21+,22-,23-,24+,25-,26+,27+,28+/m1/s1. The highest BCUT2D eigenvalue weighted by molar-refractivity contribution is 5.66. The van der Waals surface area contributed by atoms with Crippen LogP contribution in [0.5, 0.6) is 0 Å². The Labute approximate surface area is 209 Å². The summed E-state index contributed by atoms with van der Waals surface area (Å²) in [6.07, 6.45) is 6.08. The van der Waals surface area contributed by atoms with E-state index in [2.05, 4.69) is 39.8 Å². The molecule has 2 N–H and O–H groups in total. The molecule has 2 heterocycles. The average Bonchev–Trinajstić information content (AvgIpc) is 3.02. The van der Waals surface area contributed by atoms with Crippen molar-refractivity contribution < 1.29 is 34.0 Å². The van der Waals surface area contributed by atoms with Gasteiger partial charge < -0.3 is 29.2 Å². The molecule has 0 aromatic carbocycles. The number of ether oxygens (including phenoxy) is 4. The van der Waals surface area contributed by atoms with Gasteiger partial charge in [0.2, 0.25) is 0 Å². The number of aliphatic hydroxyl groups excluding tert-OH is 2. The smallest absolute Gasteiger partial charge is 0.303 e. The minimum Gasteiger partial charge on any atom is -0.457 e. The van der Waals surface area contributed by atoms with Gasteiger partial charge in [0.05, 0.1) is 6.61 Å². The second-order valence-corrected chi connectivity index (χ2v) is 11.4. The van der Waals surface area contributed by atoms with Crippen LogP contribution in [0.4, 0.5) is 0 Å². The zero-order valence-corrected chi connectivity index (χ0v) is 21.9. The van der Waals surface area contributed by atoms with Crippen LogP contribution in [-0.4, -0.2) is 59.8 Å². The minimum atomic E-state index is -1.27. The largest absolute Gasteiger partial charge is 0.457 e. The average molecular weight is 493 g/mol. The molecule has 2 fully saturated rings. The van der Waals surface area contributed by atoms with Crippen LogP contribution in [-0.2, 0) is 23.7 Å². The summed E-state index contributed by atoms with van der Waals surface area (Å²) < 4.78 is 22.8. The quantitative estimate of drug-likeness (QED) is 0.408. The Hall–Kier alpha value is -1.25. The molecular formula is C28H44O7. The van der Waals surface area contributed by atoms with Crippen molar-refractivity contribution >= 4 is 5.97 Å². The summed E-state index contributed by atoms with van der Waals surface area (Å²) in [6.45, 7) is 10.5. The van der Waals surface area contributed by atoms with E-state index in [4.69, 9.17) is 18.9 Å². The van der Waals surface area contributed by atoms with Gasteiger partial charge in [-0.1, -0.05) is 50.0 Å². The third kappa shape index (κ3) is 6.02. The first-order valence-corrected chi connectivity index (χ1v) is 13.5. The predicted octanol–water partition coefficient (Wildman–Crippen LogP) is 4.12. The van der Waals surface area contributed by atoms with Crippen LogP contribution in [0.3, 0.4) is 0 Å². The zero-order valence-electron chi connectivity index (χ0n) is 21.9. The number of carbonyl (C=O) groups is 1. The van der Waals surface area contributed by atoms with Crippen molar-refractivity contribution in [2.75, 3.05) is 6.61 Å². The van der Waals surface area contributed by atoms with Crippen LogP contribution >= 0.6 is 0 Å². The number of allylic oxidation sites excluding steroid dienone is 4. The molecule has 2 saturated heterocycles. The van der Waals surface area contributed by atoms with Gasteiger partial charge in [-0.2, -0.15) is 0 Å². The van der Waals surface area contributed by atoms with E-state index in [1.54, 1.807) is 11.1 Å². The molecule has 0 aromatic heterocycles. The molecule has 198 valence electrons. The number of hydrogen-bond donors (Lipinski definition) is 2. The highest BCUT2D eigenvalue weighted by Gasteiger charge is 2.50. The molecule has 0 spiro atoms. The summed E-state index contributed by atoms with van der Waals surface area (Å²) in [4.78, 5) is 11.4. The summed E-state index contributed by atoms with van der Waals surface area (Å²) in [7, 11) is 0. The van der Waals surface area contributed by atoms with E-state index in [0.717, 1.165) is 19.3 Å². The molecule has 4 rings (SSSR count). The Morgan fingerprint density at radius 3 is 2.63 bits per heavy atom. The van der Waals surface area contributed by atoms with E-state index in [1.165, 1.54) is 26.2 Å². The fraction of sp³-hybridized carbons (Fsp3) is 0.821. The molecule has 0 saturated carbocycles. The SMILES string of the molecule is CC(=O)O[C@H]1[C@@H](O)[C@H]2CO[C@H]([C@H](C)CCC[C@@H](C)[C@@H]3CC=C(C)[C@H]4CCC(C)=C[C@@H]34)O[C@H](O2)[C@@H]1O. The highest BCUT2D eigenvalue weighted by Crippen LogP contribution is 2.46. The molecule has 11 atom stereocenters. The Bertz CT molecular complexity index is 807. The van der Waals surface area contributed by atoms with Crippen LogP contribution in [0.25, 0.3) is 0 Å². The van der Waals surface area contributed by atoms with Crippen molar-refractivity contribution in [3.8, 4) is 0 Å². The summed E-state index contributed by atoms with van der Waals surface area (Å²) in [5, 5.41) is 21.1. The van der Waals surface area contributed by atoms with Gasteiger partial charge in [-0.05, 0) is 63.2 Å². The van der Waals surface area contributed by atoms with Gasteiger partial charge in [0.25, 0.3) is 0 Å². The maximum absolute atomic E-state index is 11.4. The van der Waals surface area contributed by atoms with E-state index in [0.29, 0.717) is 23.7 Å². The lowest BCUT2D eigenvalue weighted by molar-refractivity contribution is -0.306. The van der Waals surface area contributed by atoms with Crippen LogP contribution < -0.4 is 0 Å². The lowest BCUT2D eigenvalue weighted by atomic mass is 9.63. The van der Waals surface area contributed by atoms with E-state index in [9.17, 15) is 15.0 Å². The molecule has 0 aromatic rings. The minimum absolute atomic E-state index is 0.0970. The number of fused-ring (bicyclic) bond motifs is 3. The second-order valence-electron chi connectivity index (χ2n) is 11.4. The van der Waals surface area contributed by atoms with Gasteiger partial charge >= 0.3 is 5.97 Å². The van der Waals surface area contributed by atoms with Gasteiger partial charge in [-0.3, -0.25) is 4.79 Å². The number of hydrogen-bond acceptors (Lipinski definition) is 7.